The van der Waals surface area contributed by atoms with Crippen LogP contribution < -0.4 is 5.32 Å². The van der Waals surface area contributed by atoms with Crippen molar-refractivity contribution in [3.8, 4) is 0 Å². The zero-order chi connectivity index (χ0) is 17.1. The van der Waals surface area contributed by atoms with Crippen molar-refractivity contribution < 1.29 is 9.32 Å². The highest BCUT2D eigenvalue weighted by atomic mass is 32.2. The smallest absolute Gasteiger partial charge is 0.239 e. The number of amides is 1. The van der Waals surface area contributed by atoms with Gasteiger partial charge in [-0.2, -0.15) is 0 Å². The van der Waals surface area contributed by atoms with Crippen LogP contribution in [-0.4, -0.2) is 21.3 Å². The Morgan fingerprint density at radius 3 is 2.71 bits per heavy atom. The predicted octanol–water partition coefficient (Wildman–Crippen LogP) is 4.29. The van der Waals surface area contributed by atoms with Gasteiger partial charge in [-0.05, 0) is 25.0 Å². The molecular formula is C18H19N3O2S. The van der Waals surface area contributed by atoms with E-state index in [2.05, 4.69) is 15.5 Å². The Balaban J connectivity index is 1.78. The van der Waals surface area contributed by atoms with E-state index in [4.69, 9.17) is 4.52 Å². The van der Waals surface area contributed by atoms with Crippen LogP contribution in [0.1, 0.15) is 19.6 Å². The minimum absolute atomic E-state index is 0.0988. The molecule has 0 spiro atoms. The third-order valence-corrected chi connectivity index (χ3v) is 5.04. The summed E-state index contributed by atoms with van der Waals surface area (Å²) in [4.78, 5) is 17.2. The van der Waals surface area contributed by atoms with Crippen LogP contribution in [0, 0.1) is 12.8 Å². The van der Waals surface area contributed by atoms with Gasteiger partial charge in [0.2, 0.25) is 5.91 Å². The predicted molar refractivity (Wildman–Crippen MR) is 96.1 cm³/mol. The molecule has 0 saturated carbocycles. The summed E-state index contributed by atoms with van der Waals surface area (Å²) in [6.45, 7) is 5.83. The monoisotopic (exact) mass is 341 g/mol. The van der Waals surface area contributed by atoms with Crippen molar-refractivity contribution in [1.29, 1.82) is 0 Å². The number of hydrogen-bond acceptors (Lipinski definition) is 5. The maximum absolute atomic E-state index is 12.6. The van der Waals surface area contributed by atoms with E-state index in [1.54, 1.807) is 13.0 Å². The highest BCUT2D eigenvalue weighted by Crippen LogP contribution is 2.29. The second-order valence-corrected chi connectivity index (χ2v) is 7.10. The summed E-state index contributed by atoms with van der Waals surface area (Å²) in [5, 5.41) is 8.28. The van der Waals surface area contributed by atoms with Crippen molar-refractivity contribution in [2.24, 2.45) is 5.92 Å². The summed E-state index contributed by atoms with van der Waals surface area (Å²) >= 11 is 1.46. The normalized spacial score (nSPS) is 12.5. The van der Waals surface area contributed by atoms with E-state index in [1.165, 1.54) is 11.8 Å². The third kappa shape index (κ3) is 3.76. The molecule has 0 aliphatic carbocycles. The molecule has 1 unspecified atom stereocenters. The highest BCUT2D eigenvalue weighted by Gasteiger charge is 2.25. The van der Waals surface area contributed by atoms with E-state index in [0.29, 0.717) is 11.6 Å². The van der Waals surface area contributed by atoms with Gasteiger partial charge in [-0.25, -0.2) is 4.98 Å². The topological polar surface area (TPSA) is 68.0 Å². The summed E-state index contributed by atoms with van der Waals surface area (Å²) in [6, 6.07) is 13.6. The number of pyridine rings is 1. The van der Waals surface area contributed by atoms with Gasteiger partial charge in [0.15, 0.2) is 5.82 Å². The van der Waals surface area contributed by atoms with Crippen LogP contribution in [0.5, 0.6) is 0 Å². The van der Waals surface area contributed by atoms with Gasteiger partial charge in [-0.15, -0.1) is 0 Å². The second-order valence-electron chi connectivity index (χ2n) is 5.94. The molecule has 0 saturated heterocycles. The number of anilines is 1. The Kier molecular flexibility index (Phi) is 4.85. The molecule has 6 heteroatoms. The van der Waals surface area contributed by atoms with Gasteiger partial charge in [0, 0.05) is 11.5 Å². The average molecular weight is 341 g/mol. The maximum Gasteiger partial charge on any atom is 0.239 e. The minimum atomic E-state index is -0.268. The molecule has 0 radical (unpaired) electrons. The van der Waals surface area contributed by atoms with E-state index >= 15 is 0 Å². The molecule has 3 rings (SSSR count). The number of carbonyl (C=O) groups is 1. The lowest BCUT2D eigenvalue weighted by molar-refractivity contribution is -0.116. The lowest BCUT2D eigenvalue weighted by Crippen LogP contribution is -2.29. The molecule has 1 N–H and O–H groups in total. The van der Waals surface area contributed by atoms with E-state index in [9.17, 15) is 4.79 Å². The maximum atomic E-state index is 12.6. The number of benzene rings is 1. The lowest BCUT2D eigenvalue weighted by Gasteiger charge is -2.18. The van der Waals surface area contributed by atoms with Gasteiger partial charge >= 0.3 is 0 Å². The molecule has 124 valence electrons. The molecule has 3 aromatic rings. The second kappa shape index (κ2) is 7.05. The van der Waals surface area contributed by atoms with Gasteiger partial charge in [0.25, 0.3) is 0 Å². The molecule has 0 bridgehead atoms. The molecule has 24 heavy (non-hydrogen) atoms. The van der Waals surface area contributed by atoms with E-state index in [1.807, 2.05) is 50.2 Å². The first kappa shape index (κ1) is 16.5. The summed E-state index contributed by atoms with van der Waals surface area (Å²) in [6.07, 6.45) is 0. The van der Waals surface area contributed by atoms with Gasteiger partial charge in [0.1, 0.15) is 5.76 Å². The summed E-state index contributed by atoms with van der Waals surface area (Å²) in [5.41, 5.74) is 0.928. The van der Waals surface area contributed by atoms with Crippen LogP contribution in [-0.2, 0) is 4.79 Å². The Labute approximate surface area is 144 Å². The van der Waals surface area contributed by atoms with Crippen LogP contribution >= 0.6 is 11.8 Å². The molecule has 0 fully saturated rings. The van der Waals surface area contributed by atoms with Crippen LogP contribution in [0.3, 0.4) is 0 Å². The SMILES string of the molecule is Cc1cc(NC(=O)C(Sc2ccc3ccccc3n2)C(C)C)no1. The Bertz CT molecular complexity index is 860. The third-order valence-electron chi connectivity index (χ3n) is 3.56. The van der Waals surface area contributed by atoms with E-state index in [0.717, 1.165) is 15.9 Å². The first-order valence-corrected chi connectivity index (χ1v) is 8.67. The Hall–Kier alpha value is -2.34. The van der Waals surface area contributed by atoms with Crippen LogP contribution in [0.4, 0.5) is 5.82 Å². The molecule has 1 atom stereocenters. The van der Waals surface area contributed by atoms with Crippen LogP contribution in [0.2, 0.25) is 0 Å². The number of rotatable bonds is 5. The molecule has 0 aliphatic heterocycles. The zero-order valence-electron chi connectivity index (χ0n) is 13.8. The van der Waals surface area contributed by atoms with Crippen molar-refractivity contribution >= 4 is 34.4 Å². The number of thioether (sulfide) groups is 1. The molecule has 1 amide bonds. The first-order chi connectivity index (χ1) is 11.5. The Morgan fingerprint density at radius 1 is 1.21 bits per heavy atom. The lowest BCUT2D eigenvalue weighted by atomic mass is 10.1. The van der Waals surface area contributed by atoms with Crippen LogP contribution in [0.15, 0.2) is 52.0 Å². The van der Waals surface area contributed by atoms with Gasteiger partial charge in [0.05, 0.1) is 15.8 Å². The first-order valence-electron chi connectivity index (χ1n) is 7.79. The van der Waals surface area contributed by atoms with Gasteiger partial charge in [-0.1, -0.05) is 55.0 Å². The van der Waals surface area contributed by atoms with E-state index < -0.39 is 0 Å². The van der Waals surface area contributed by atoms with Crippen molar-refractivity contribution in [2.45, 2.75) is 31.0 Å². The number of aryl methyl sites for hydroxylation is 1. The van der Waals surface area contributed by atoms with Crippen LogP contribution in [0.25, 0.3) is 10.9 Å². The number of fused-ring (bicyclic) bond motifs is 1. The molecule has 2 aromatic heterocycles. The molecule has 1 aromatic carbocycles. The fourth-order valence-electron chi connectivity index (χ4n) is 2.36. The number of carbonyl (C=O) groups excluding carboxylic acids is 1. The number of nitrogens with one attached hydrogen (secondary N) is 1. The molecule has 2 heterocycles. The van der Waals surface area contributed by atoms with E-state index in [-0.39, 0.29) is 17.1 Å². The largest absolute Gasteiger partial charge is 0.360 e. The molecule has 0 aliphatic rings. The standard InChI is InChI=1S/C18H19N3O2S/c1-11(2)17(18(22)20-15-10-12(3)23-21-15)24-16-9-8-13-6-4-5-7-14(13)19-16/h4-11,17H,1-3H3,(H,20,21,22). The molecule has 5 nitrogen and oxygen atoms in total. The number of nitrogens with zero attached hydrogens (tertiary/aromatic N) is 2. The van der Waals surface area contributed by atoms with Crippen molar-refractivity contribution in [3.05, 3.63) is 48.2 Å². The summed E-state index contributed by atoms with van der Waals surface area (Å²) in [7, 11) is 0. The molecular weight excluding hydrogens is 322 g/mol. The number of hydrogen-bond donors (Lipinski definition) is 1. The minimum Gasteiger partial charge on any atom is -0.360 e. The van der Waals surface area contributed by atoms with Crippen molar-refractivity contribution in [1.82, 2.24) is 10.1 Å². The summed E-state index contributed by atoms with van der Waals surface area (Å²) in [5.74, 6) is 1.15. The number of para-hydroxylation sites is 1. The fourth-order valence-corrected chi connectivity index (χ4v) is 3.35. The quantitative estimate of drug-likeness (QED) is 0.701. The summed E-state index contributed by atoms with van der Waals surface area (Å²) < 4.78 is 4.99. The average Bonchev–Trinajstić information content (AvgIpc) is 2.97. The zero-order valence-corrected chi connectivity index (χ0v) is 14.6. The van der Waals surface area contributed by atoms with Crippen molar-refractivity contribution in [2.75, 3.05) is 5.32 Å². The van der Waals surface area contributed by atoms with Gasteiger partial charge in [-0.3, -0.25) is 4.79 Å². The number of aromatic nitrogens is 2. The van der Waals surface area contributed by atoms with Gasteiger partial charge < -0.3 is 9.84 Å². The fraction of sp³-hybridized carbons (Fsp3) is 0.278. The van der Waals surface area contributed by atoms with Crippen molar-refractivity contribution in [3.63, 3.8) is 0 Å². The highest BCUT2D eigenvalue weighted by molar-refractivity contribution is 8.00. The Morgan fingerprint density at radius 2 is 2.00 bits per heavy atom.